The molecule has 2 heterocycles. The minimum Gasteiger partial charge on any atom is -0.357 e. The minimum absolute atomic E-state index is 0.0285. The smallest absolute Gasteiger partial charge is 0.157 e. The lowest BCUT2D eigenvalue weighted by molar-refractivity contribution is 0.919. The van der Waals surface area contributed by atoms with E-state index in [-0.39, 0.29) is 6.04 Å². The monoisotopic (exact) mass is 200 g/mol. The summed E-state index contributed by atoms with van der Waals surface area (Å²) in [7, 11) is 0. The summed E-state index contributed by atoms with van der Waals surface area (Å²) in [5.41, 5.74) is 1.95. The predicted octanol–water partition coefficient (Wildman–Crippen LogP) is 1.47. The molecule has 1 atom stereocenters. The molecule has 0 aliphatic rings. The SMILES string of the molecule is C#CC(C)Nc1cc(C)cc2ncnn12. The Kier molecular flexibility index (Phi) is 2.30. The summed E-state index contributed by atoms with van der Waals surface area (Å²) in [5.74, 6) is 3.49. The number of aromatic nitrogens is 3. The molecule has 15 heavy (non-hydrogen) atoms. The highest BCUT2D eigenvalue weighted by molar-refractivity contribution is 5.52. The first kappa shape index (κ1) is 9.53. The Morgan fingerprint density at radius 3 is 3.07 bits per heavy atom. The molecule has 0 bridgehead atoms. The maximum Gasteiger partial charge on any atom is 0.157 e. The number of hydrogen-bond donors (Lipinski definition) is 1. The van der Waals surface area contributed by atoms with E-state index in [2.05, 4.69) is 21.3 Å². The first-order chi connectivity index (χ1) is 7.20. The van der Waals surface area contributed by atoms with Gasteiger partial charge in [0.05, 0.1) is 6.04 Å². The molecule has 4 nitrogen and oxygen atoms in total. The zero-order valence-corrected chi connectivity index (χ0v) is 8.73. The Balaban J connectivity index is 2.49. The number of aryl methyl sites for hydroxylation is 1. The zero-order valence-electron chi connectivity index (χ0n) is 8.73. The number of terminal acetylenes is 1. The number of hydrogen-bond acceptors (Lipinski definition) is 3. The molecule has 4 heteroatoms. The Hall–Kier alpha value is -2.02. The van der Waals surface area contributed by atoms with Crippen LogP contribution in [0.3, 0.4) is 0 Å². The molecule has 0 saturated heterocycles. The minimum atomic E-state index is -0.0285. The lowest BCUT2D eigenvalue weighted by Gasteiger charge is -2.11. The van der Waals surface area contributed by atoms with Gasteiger partial charge in [0, 0.05) is 0 Å². The van der Waals surface area contributed by atoms with Crippen LogP contribution in [0.1, 0.15) is 12.5 Å². The van der Waals surface area contributed by atoms with E-state index in [1.165, 1.54) is 6.33 Å². The van der Waals surface area contributed by atoms with Crippen molar-refractivity contribution in [2.45, 2.75) is 19.9 Å². The van der Waals surface area contributed by atoms with Crippen LogP contribution in [-0.4, -0.2) is 20.6 Å². The first-order valence-corrected chi connectivity index (χ1v) is 4.74. The third-order valence-electron chi connectivity index (χ3n) is 2.14. The van der Waals surface area contributed by atoms with E-state index in [9.17, 15) is 0 Å². The van der Waals surface area contributed by atoms with Gasteiger partial charge in [0.15, 0.2) is 5.65 Å². The summed E-state index contributed by atoms with van der Waals surface area (Å²) in [6.07, 6.45) is 6.85. The molecule has 0 aromatic carbocycles. The lowest BCUT2D eigenvalue weighted by atomic mass is 10.2. The number of nitrogens with one attached hydrogen (secondary N) is 1. The van der Waals surface area contributed by atoms with Crippen molar-refractivity contribution in [2.24, 2.45) is 0 Å². The maximum absolute atomic E-state index is 5.32. The third-order valence-corrected chi connectivity index (χ3v) is 2.14. The van der Waals surface area contributed by atoms with Gasteiger partial charge in [-0.15, -0.1) is 6.42 Å². The van der Waals surface area contributed by atoms with Crippen LogP contribution in [-0.2, 0) is 0 Å². The van der Waals surface area contributed by atoms with Crippen LogP contribution in [0.15, 0.2) is 18.5 Å². The van der Waals surface area contributed by atoms with Crippen LogP contribution in [0, 0.1) is 19.3 Å². The molecule has 0 fully saturated rings. The highest BCUT2D eigenvalue weighted by Gasteiger charge is 2.05. The van der Waals surface area contributed by atoms with Gasteiger partial charge in [0.25, 0.3) is 0 Å². The van der Waals surface area contributed by atoms with Gasteiger partial charge in [-0.05, 0) is 31.5 Å². The highest BCUT2D eigenvalue weighted by Crippen LogP contribution is 2.13. The highest BCUT2D eigenvalue weighted by atomic mass is 15.3. The average molecular weight is 200 g/mol. The van der Waals surface area contributed by atoms with Gasteiger partial charge in [0.1, 0.15) is 12.1 Å². The summed E-state index contributed by atoms with van der Waals surface area (Å²) in [6, 6.07) is 3.94. The summed E-state index contributed by atoms with van der Waals surface area (Å²) in [6.45, 7) is 3.94. The lowest BCUT2D eigenvalue weighted by Crippen LogP contribution is -2.15. The second-order valence-corrected chi connectivity index (χ2v) is 3.48. The van der Waals surface area contributed by atoms with Crippen molar-refractivity contribution >= 4 is 11.5 Å². The van der Waals surface area contributed by atoms with Gasteiger partial charge in [-0.1, -0.05) is 5.92 Å². The van der Waals surface area contributed by atoms with Crippen LogP contribution < -0.4 is 5.32 Å². The topological polar surface area (TPSA) is 42.2 Å². The van der Waals surface area contributed by atoms with Gasteiger partial charge in [0.2, 0.25) is 0 Å². The second kappa shape index (κ2) is 3.62. The Morgan fingerprint density at radius 2 is 2.33 bits per heavy atom. The van der Waals surface area contributed by atoms with Gasteiger partial charge >= 0.3 is 0 Å². The van der Waals surface area contributed by atoms with Crippen molar-refractivity contribution in [1.29, 1.82) is 0 Å². The van der Waals surface area contributed by atoms with Crippen LogP contribution in [0.5, 0.6) is 0 Å². The van der Waals surface area contributed by atoms with Gasteiger partial charge in [-0.25, -0.2) is 4.98 Å². The number of pyridine rings is 1. The van der Waals surface area contributed by atoms with Gasteiger partial charge < -0.3 is 5.32 Å². The predicted molar refractivity (Wildman–Crippen MR) is 59.6 cm³/mol. The molecule has 76 valence electrons. The van der Waals surface area contributed by atoms with Crippen molar-refractivity contribution in [1.82, 2.24) is 14.6 Å². The molecular formula is C11H12N4. The summed E-state index contributed by atoms with van der Waals surface area (Å²) >= 11 is 0. The molecule has 2 rings (SSSR count). The second-order valence-electron chi connectivity index (χ2n) is 3.48. The molecule has 0 radical (unpaired) electrons. The molecule has 2 aromatic heterocycles. The Morgan fingerprint density at radius 1 is 1.53 bits per heavy atom. The van der Waals surface area contributed by atoms with Crippen molar-refractivity contribution in [3.8, 4) is 12.3 Å². The van der Waals surface area contributed by atoms with Crippen molar-refractivity contribution < 1.29 is 0 Å². The maximum atomic E-state index is 5.32. The van der Waals surface area contributed by atoms with Crippen molar-refractivity contribution in [2.75, 3.05) is 5.32 Å². The normalized spacial score (nSPS) is 12.3. The quantitative estimate of drug-likeness (QED) is 0.746. The molecule has 1 N–H and O–H groups in total. The summed E-state index contributed by atoms with van der Waals surface area (Å²) in [5, 5.41) is 7.31. The summed E-state index contributed by atoms with van der Waals surface area (Å²) < 4.78 is 1.74. The molecule has 2 aromatic rings. The van der Waals surface area contributed by atoms with E-state index < -0.39 is 0 Å². The molecule has 1 unspecified atom stereocenters. The molecule has 0 spiro atoms. The number of anilines is 1. The van der Waals surface area contributed by atoms with E-state index in [1.807, 2.05) is 26.0 Å². The van der Waals surface area contributed by atoms with Crippen molar-refractivity contribution in [3.05, 3.63) is 24.0 Å². The number of nitrogens with zero attached hydrogens (tertiary/aromatic N) is 3. The third kappa shape index (κ3) is 1.77. The fraction of sp³-hybridized carbons (Fsp3) is 0.273. The van der Waals surface area contributed by atoms with E-state index in [4.69, 9.17) is 6.42 Å². The summed E-state index contributed by atoms with van der Waals surface area (Å²) in [4.78, 5) is 4.13. The van der Waals surface area contributed by atoms with Gasteiger partial charge in [-0.2, -0.15) is 9.61 Å². The number of rotatable bonds is 2. The van der Waals surface area contributed by atoms with E-state index >= 15 is 0 Å². The Bertz CT molecular complexity index is 521. The van der Waals surface area contributed by atoms with E-state index in [0.717, 1.165) is 17.0 Å². The molecule has 0 aliphatic heterocycles. The van der Waals surface area contributed by atoms with E-state index in [1.54, 1.807) is 4.52 Å². The standard InChI is InChI=1S/C11H12N4/c1-4-9(3)14-11-6-8(2)5-10-12-7-13-15(10)11/h1,5-7,9,14H,2-3H3. The molecular weight excluding hydrogens is 188 g/mol. The molecule has 0 aliphatic carbocycles. The fourth-order valence-corrected chi connectivity index (χ4v) is 1.42. The first-order valence-electron chi connectivity index (χ1n) is 4.74. The Labute approximate surface area is 88.3 Å². The molecule has 0 amide bonds. The number of fused-ring (bicyclic) bond motifs is 1. The molecule has 0 saturated carbocycles. The van der Waals surface area contributed by atoms with Crippen LogP contribution in [0.25, 0.3) is 5.65 Å². The fourth-order valence-electron chi connectivity index (χ4n) is 1.42. The van der Waals surface area contributed by atoms with E-state index in [0.29, 0.717) is 0 Å². The zero-order chi connectivity index (χ0) is 10.8. The van der Waals surface area contributed by atoms with Crippen LogP contribution in [0.2, 0.25) is 0 Å². The van der Waals surface area contributed by atoms with Crippen molar-refractivity contribution in [3.63, 3.8) is 0 Å². The van der Waals surface area contributed by atoms with Crippen LogP contribution >= 0.6 is 0 Å². The van der Waals surface area contributed by atoms with Crippen LogP contribution in [0.4, 0.5) is 5.82 Å². The largest absolute Gasteiger partial charge is 0.357 e. The van der Waals surface area contributed by atoms with Gasteiger partial charge in [-0.3, -0.25) is 0 Å². The average Bonchev–Trinajstić information content (AvgIpc) is 2.65.